The number of anilines is 2. The normalized spacial score (nSPS) is 20.5. The lowest BCUT2D eigenvalue weighted by molar-refractivity contribution is -0.0178. The van der Waals surface area contributed by atoms with Gasteiger partial charge in [-0.2, -0.15) is 15.1 Å². The van der Waals surface area contributed by atoms with Crippen molar-refractivity contribution < 1.29 is 9.13 Å². The molecule has 4 aromatic rings. The Kier molecular flexibility index (Phi) is 5.62. The molecule has 8 nitrogen and oxygen atoms in total. The predicted octanol–water partition coefficient (Wildman–Crippen LogP) is 5.11. The zero-order valence-corrected chi connectivity index (χ0v) is 21.2. The summed E-state index contributed by atoms with van der Waals surface area (Å²) in [6.07, 6.45) is 6.13. The fourth-order valence-corrected chi connectivity index (χ4v) is 5.45. The molecule has 4 heterocycles. The van der Waals surface area contributed by atoms with Crippen molar-refractivity contribution in [2.45, 2.75) is 38.0 Å². The Bertz CT molecular complexity index is 1400. The Labute approximate surface area is 211 Å². The lowest BCUT2D eigenvalue weighted by Gasteiger charge is -2.36. The van der Waals surface area contributed by atoms with Gasteiger partial charge in [0.05, 0.1) is 30.6 Å². The van der Waals surface area contributed by atoms with E-state index in [1.165, 1.54) is 30.2 Å². The second kappa shape index (κ2) is 8.69. The Hall–Kier alpha value is -2.82. The van der Waals surface area contributed by atoms with Crippen LogP contribution in [-0.4, -0.2) is 58.0 Å². The summed E-state index contributed by atoms with van der Waals surface area (Å²) in [5.41, 5.74) is 2.48. The van der Waals surface area contributed by atoms with E-state index in [1.807, 2.05) is 36.8 Å². The highest BCUT2D eigenvalue weighted by Gasteiger charge is 2.32. The van der Waals surface area contributed by atoms with E-state index in [0.29, 0.717) is 47.0 Å². The van der Waals surface area contributed by atoms with Crippen LogP contribution in [0.2, 0.25) is 5.02 Å². The molecule has 2 aliphatic rings. The van der Waals surface area contributed by atoms with Gasteiger partial charge in [-0.15, -0.1) is 0 Å². The van der Waals surface area contributed by atoms with Crippen molar-refractivity contribution in [3.05, 3.63) is 47.0 Å². The van der Waals surface area contributed by atoms with Gasteiger partial charge >= 0.3 is 0 Å². The largest absolute Gasteiger partial charge is 0.367 e. The van der Waals surface area contributed by atoms with Gasteiger partial charge in [-0.05, 0) is 38.0 Å². The molecule has 1 aromatic carbocycles. The molecule has 11 heteroatoms. The monoisotopic (exact) mass is 513 g/mol. The molecule has 1 aliphatic heterocycles. The van der Waals surface area contributed by atoms with E-state index in [9.17, 15) is 0 Å². The number of aromatic nitrogens is 5. The van der Waals surface area contributed by atoms with Gasteiger partial charge < -0.3 is 14.5 Å². The number of fused-ring (bicyclic) bond motifs is 1. The van der Waals surface area contributed by atoms with Crippen LogP contribution in [-0.2, 0) is 4.74 Å². The van der Waals surface area contributed by atoms with Crippen LogP contribution in [0.4, 0.5) is 15.5 Å². The van der Waals surface area contributed by atoms with E-state index in [0.717, 1.165) is 15.4 Å². The highest BCUT2D eigenvalue weighted by molar-refractivity contribution is 7.22. The minimum atomic E-state index is -0.427. The van der Waals surface area contributed by atoms with Crippen molar-refractivity contribution in [2.75, 3.05) is 37.0 Å². The maximum atomic E-state index is 15.0. The minimum Gasteiger partial charge on any atom is -0.367 e. The highest BCUT2D eigenvalue weighted by Crippen LogP contribution is 2.38. The van der Waals surface area contributed by atoms with Gasteiger partial charge in [-0.3, -0.25) is 4.68 Å². The van der Waals surface area contributed by atoms with Gasteiger partial charge in [0.1, 0.15) is 16.6 Å². The summed E-state index contributed by atoms with van der Waals surface area (Å²) in [5.74, 6) is 0.0798. The van der Waals surface area contributed by atoms with Crippen molar-refractivity contribution in [1.82, 2.24) is 24.7 Å². The second-order valence-corrected chi connectivity index (χ2v) is 10.8. The molecule has 35 heavy (non-hydrogen) atoms. The highest BCUT2D eigenvalue weighted by atomic mass is 35.5. The van der Waals surface area contributed by atoms with Gasteiger partial charge in [0.15, 0.2) is 10.8 Å². The van der Waals surface area contributed by atoms with E-state index in [2.05, 4.69) is 16.2 Å². The summed E-state index contributed by atoms with van der Waals surface area (Å²) in [6, 6.07) is 5.16. The molecule has 0 bridgehead atoms. The number of hydrogen-bond acceptors (Lipinski definition) is 8. The molecule has 2 atom stereocenters. The quantitative estimate of drug-likeness (QED) is 0.367. The molecule has 0 N–H and O–H groups in total. The zero-order valence-electron chi connectivity index (χ0n) is 19.7. The summed E-state index contributed by atoms with van der Waals surface area (Å²) in [6.45, 7) is 3.22. The van der Waals surface area contributed by atoms with Crippen molar-refractivity contribution in [3.8, 4) is 11.3 Å². The van der Waals surface area contributed by atoms with Crippen LogP contribution in [0, 0.1) is 5.82 Å². The van der Waals surface area contributed by atoms with E-state index in [-0.39, 0.29) is 12.2 Å². The van der Waals surface area contributed by atoms with Gasteiger partial charge in [0.2, 0.25) is 5.95 Å². The fraction of sp³-hybridized carbons (Fsp3) is 0.417. The van der Waals surface area contributed by atoms with Gasteiger partial charge in [-0.25, -0.2) is 9.37 Å². The predicted molar refractivity (Wildman–Crippen MR) is 136 cm³/mol. The SMILES string of the molecule is CC1CN(c2nc(-c3ccc(Cl)cc3F)c3sc(N(C)C)nc3n2)CC(c2cnn(C3CC3)c2)O1. The van der Waals surface area contributed by atoms with Crippen LogP contribution in [0.1, 0.15) is 37.5 Å². The maximum Gasteiger partial charge on any atom is 0.228 e. The third-order valence-electron chi connectivity index (χ3n) is 6.26. The molecule has 1 aliphatic carbocycles. The molecule has 3 aromatic heterocycles. The van der Waals surface area contributed by atoms with Crippen LogP contribution in [0.25, 0.3) is 21.6 Å². The van der Waals surface area contributed by atoms with Gasteiger partial charge in [0, 0.05) is 43.0 Å². The minimum absolute atomic E-state index is 0.0409. The Balaban J connectivity index is 1.41. The summed E-state index contributed by atoms with van der Waals surface area (Å²) in [4.78, 5) is 18.4. The standard InChI is InChI=1S/C24H25ClFN7OS/c1-13-10-32(12-19(34-13)14-9-27-33(11-14)16-5-6-16)23-28-20(17-7-4-15(25)8-18(17)26)21-22(29-23)30-24(35-21)31(2)3/h4,7-9,11,13,16,19H,5-6,10,12H2,1-3H3. The van der Waals surface area contributed by atoms with Crippen LogP contribution in [0.5, 0.6) is 0 Å². The molecule has 1 saturated carbocycles. The smallest absolute Gasteiger partial charge is 0.228 e. The van der Waals surface area contributed by atoms with Crippen LogP contribution in [0.3, 0.4) is 0 Å². The number of ether oxygens (including phenoxy) is 1. The number of benzene rings is 1. The molecule has 182 valence electrons. The fourth-order valence-electron chi connectivity index (χ4n) is 4.35. The molecule has 0 radical (unpaired) electrons. The first-order chi connectivity index (χ1) is 16.9. The summed E-state index contributed by atoms with van der Waals surface area (Å²) in [7, 11) is 3.84. The molecule has 0 amide bonds. The Morgan fingerprint density at radius 1 is 1.17 bits per heavy atom. The second-order valence-electron chi connectivity index (χ2n) is 9.37. The zero-order chi connectivity index (χ0) is 24.3. The number of hydrogen-bond donors (Lipinski definition) is 0. The number of halogens is 2. The van der Waals surface area contributed by atoms with Crippen molar-refractivity contribution >= 4 is 44.4 Å². The van der Waals surface area contributed by atoms with Crippen molar-refractivity contribution in [2.24, 2.45) is 0 Å². The third-order valence-corrected chi connectivity index (χ3v) is 7.71. The van der Waals surface area contributed by atoms with Crippen LogP contribution < -0.4 is 9.80 Å². The molecular weight excluding hydrogens is 489 g/mol. The molecule has 0 spiro atoms. The first kappa shape index (κ1) is 22.6. The van der Waals surface area contributed by atoms with E-state index in [4.69, 9.17) is 31.3 Å². The van der Waals surface area contributed by atoms with E-state index >= 15 is 4.39 Å². The third kappa shape index (κ3) is 4.34. The summed E-state index contributed by atoms with van der Waals surface area (Å²) in [5, 5.41) is 5.65. The molecule has 1 saturated heterocycles. The molecule has 6 rings (SSSR count). The number of rotatable bonds is 5. The van der Waals surface area contributed by atoms with E-state index in [1.54, 1.807) is 12.1 Å². The molecular formula is C24H25ClFN7OS. The lowest BCUT2D eigenvalue weighted by atomic mass is 10.1. The van der Waals surface area contributed by atoms with Gasteiger partial charge in [-0.1, -0.05) is 22.9 Å². The summed E-state index contributed by atoms with van der Waals surface area (Å²) < 4.78 is 24.0. The summed E-state index contributed by atoms with van der Waals surface area (Å²) >= 11 is 7.46. The maximum absolute atomic E-state index is 15.0. The Morgan fingerprint density at radius 3 is 2.74 bits per heavy atom. The topological polar surface area (TPSA) is 72.2 Å². The first-order valence-electron chi connectivity index (χ1n) is 11.6. The Morgan fingerprint density at radius 2 is 2.00 bits per heavy atom. The van der Waals surface area contributed by atoms with Gasteiger partial charge in [0.25, 0.3) is 0 Å². The van der Waals surface area contributed by atoms with Crippen molar-refractivity contribution in [1.29, 1.82) is 0 Å². The lowest BCUT2D eigenvalue weighted by Crippen LogP contribution is -2.43. The van der Waals surface area contributed by atoms with Crippen LogP contribution in [0.15, 0.2) is 30.6 Å². The first-order valence-corrected chi connectivity index (χ1v) is 12.8. The van der Waals surface area contributed by atoms with Crippen LogP contribution >= 0.6 is 22.9 Å². The number of morpholine rings is 1. The number of thiazole rings is 1. The molecule has 2 unspecified atom stereocenters. The molecule has 2 fully saturated rings. The number of nitrogens with zero attached hydrogens (tertiary/aromatic N) is 7. The average Bonchev–Trinajstić information content (AvgIpc) is 3.38. The van der Waals surface area contributed by atoms with Crippen molar-refractivity contribution in [3.63, 3.8) is 0 Å². The van der Waals surface area contributed by atoms with E-state index < -0.39 is 5.82 Å². The average molecular weight is 514 g/mol.